The van der Waals surface area contributed by atoms with E-state index in [0.29, 0.717) is 4.91 Å². The van der Waals surface area contributed by atoms with Crippen LogP contribution in [0.1, 0.15) is 5.56 Å². The molecule has 1 aromatic rings. The third-order valence-electron chi connectivity index (χ3n) is 2.40. The highest BCUT2D eigenvalue weighted by Gasteiger charge is 2.31. The summed E-state index contributed by atoms with van der Waals surface area (Å²) in [5.41, 5.74) is 0.866. The molecule has 0 saturated carbocycles. The summed E-state index contributed by atoms with van der Waals surface area (Å²) in [6.45, 7) is 0. The Kier molecular flexibility index (Phi) is 3.19. The number of carbonyl (C=O) groups excluding carboxylic acids is 2. The van der Waals surface area contributed by atoms with Crippen molar-refractivity contribution in [3.63, 3.8) is 0 Å². The van der Waals surface area contributed by atoms with Gasteiger partial charge in [0.05, 0.1) is 12.0 Å². The summed E-state index contributed by atoms with van der Waals surface area (Å²) in [5.74, 6) is 0.501. The summed E-state index contributed by atoms with van der Waals surface area (Å²) < 4.78 is 5.04. The van der Waals surface area contributed by atoms with Gasteiger partial charge < -0.3 is 4.74 Å². The maximum Gasteiger partial charge on any atom is 0.293 e. The second-order valence-electron chi connectivity index (χ2n) is 3.51. The molecule has 1 fully saturated rings. The molecule has 0 spiro atoms. The number of amides is 2. The van der Waals surface area contributed by atoms with Crippen LogP contribution in [0, 0.1) is 0 Å². The van der Waals surface area contributed by atoms with Crippen molar-refractivity contribution in [2.75, 3.05) is 14.2 Å². The molecule has 0 bridgehead atoms. The van der Waals surface area contributed by atoms with Crippen molar-refractivity contribution < 1.29 is 14.3 Å². The van der Waals surface area contributed by atoms with Crippen LogP contribution in [-0.4, -0.2) is 30.2 Å². The first-order valence-corrected chi connectivity index (χ1v) is 5.79. The number of likely N-dealkylation sites (N-methyl/N-ethyl adjacent to an activating group) is 1. The second kappa shape index (κ2) is 4.63. The van der Waals surface area contributed by atoms with Gasteiger partial charge in [0, 0.05) is 7.05 Å². The lowest BCUT2D eigenvalue weighted by Gasteiger charge is -2.01. The van der Waals surface area contributed by atoms with Crippen molar-refractivity contribution in [2.24, 2.45) is 0 Å². The molecule has 1 heterocycles. The van der Waals surface area contributed by atoms with Crippen molar-refractivity contribution in [1.29, 1.82) is 0 Å². The van der Waals surface area contributed by atoms with Crippen molar-refractivity contribution >= 4 is 29.0 Å². The van der Waals surface area contributed by atoms with Gasteiger partial charge in [-0.3, -0.25) is 14.5 Å². The van der Waals surface area contributed by atoms with Crippen LogP contribution in [-0.2, 0) is 4.79 Å². The zero-order valence-corrected chi connectivity index (χ0v) is 10.3. The summed E-state index contributed by atoms with van der Waals surface area (Å²) in [5, 5.41) is -0.241. The van der Waals surface area contributed by atoms with Gasteiger partial charge in [0.2, 0.25) is 0 Å². The van der Waals surface area contributed by atoms with E-state index in [4.69, 9.17) is 4.74 Å². The molecule has 2 amide bonds. The maximum absolute atomic E-state index is 11.6. The largest absolute Gasteiger partial charge is 0.497 e. The van der Waals surface area contributed by atoms with Crippen LogP contribution in [0.4, 0.5) is 4.79 Å². The first kappa shape index (κ1) is 11.7. The molecule has 0 unspecified atom stereocenters. The Hall–Kier alpha value is -1.75. The Bertz CT molecular complexity index is 493. The molecule has 2 rings (SSSR count). The first-order chi connectivity index (χ1) is 8.11. The summed E-state index contributed by atoms with van der Waals surface area (Å²) in [4.78, 5) is 24.5. The van der Waals surface area contributed by atoms with E-state index in [1.54, 1.807) is 13.2 Å². The van der Waals surface area contributed by atoms with E-state index in [2.05, 4.69) is 0 Å². The molecular formula is C12H11NO3S. The van der Waals surface area contributed by atoms with E-state index >= 15 is 0 Å². The lowest BCUT2D eigenvalue weighted by molar-refractivity contribution is -0.121. The molecule has 4 nitrogen and oxygen atoms in total. The number of hydrogen-bond donors (Lipinski definition) is 0. The second-order valence-corrected chi connectivity index (χ2v) is 4.51. The summed E-state index contributed by atoms with van der Waals surface area (Å²) in [6.07, 6.45) is 1.70. The van der Waals surface area contributed by atoms with Crippen molar-refractivity contribution in [3.05, 3.63) is 34.7 Å². The van der Waals surface area contributed by atoms with Crippen LogP contribution in [0.3, 0.4) is 0 Å². The zero-order valence-electron chi connectivity index (χ0n) is 9.47. The molecule has 0 aliphatic carbocycles. The Morgan fingerprint density at radius 3 is 2.35 bits per heavy atom. The normalized spacial score (nSPS) is 18.0. The quantitative estimate of drug-likeness (QED) is 0.755. The number of nitrogens with zero attached hydrogens (tertiary/aromatic N) is 1. The van der Waals surface area contributed by atoms with E-state index in [9.17, 15) is 9.59 Å². The van der Waals surface area contributed by atoms with Gasteiger partial charge in [0.1, 0.15) is 5.75 Å². The van der Waals surface area contributed by atoms with Crippen molar-refractivity contribution in [3.8, 4) is 5.75 Å². The number of hydrogen-bond acceptors (Lipinski definition) is 4. The topological polar surface area (TPSA) is 46.6 Å². The highest BCUT2D eigenvalue weighted by atomic mass is 32.2. The SMILES string of the molecule is COc1ccc(/C=C2\SC(=O)N(C)C2=O)cc1. The van der Waals surface area contributed by atoms with Gasteiger partial charge in [0.25, 0.3) is 11.1 Å². The molecule has 0 aromatic heterocycles. The molecule has 1 aliphatic heterocycles. The number of methoxy groups -OCH3 is 1. The van der Waals surface area contributed by atoms with Crippen LogP contribution < -0.4 is 4.74 Å². The summed E-state index contributed by atoms with van der Waals surface area (Å²) in [7, 11) is 3.07. The molecule has 17 heavy (non-hydrogen) atoms. The van der Waals surface area contributed by atoms with Crippen molar-refractivity contribution in [2.45, 2.75) is 0 Å². The number of rotatable bonds is 2. The van der Waals surface area contributed by atoms with E-state index in [-0.39, 0.29) is 11.1 Å². The van der Waals surface area contributed by atoms with Crippen LogP contribution in [0.2, 0.25) is 0 Å². The number of thioether (sulfide) groups is 1. The molecule has 1 aliphatic rings. The summed E-state index contributed by atoms with van der Waals surface area (Å²) >= 11 is 0.954. The fourth-order valence-corrected chi connectivity index (χ4v) is 2.22. The third kappa shape index (κ3) is 2.34. The highest BCUT2D eigenvalue weighted by Crippen LogP contribution is 2.31. The Morgan fingerprint density at radius 1 is 1.24 bits per heavy atom. The van der Waals surface area contributed by atoms with Gasteiger partial charge in [-0.05, 0) is 35.5 Å². The van der Waals surface area contributed by atoms with Crippen LogP contribution >= 0.6 is 11.8 Å². The van der Waals surface area contributed by atoms with Crippen LogP contribution in [0.15, 0.2) is 29.2 Å². The van der Waals surface area contributed by atoms with E-state index in [0.717, 1.165) is 28.0 Å². The predicted octanol–water partition coefficient (Wildman–Crippen LogP) is 2.36. The Labute approximate surface area is 103 Å². The number of ether oxygens (including phenoxy) is 1. The zero-order chi connectivity index (χ0) is 12.4. The average molecular weight is 249 g/mol. The van der Waals surface area contributed by atoms with Gasteiger partial charge in [0.15, 0.2) is 0 Å². The lowest BCUT2D eigenvalue weighted by Crippen LogP contribution is -2.22. The molecule has 0 N–H and O–H groups in total. The molecule has 5 heteroatoms. The van der Waals surface area contributed by atoms with Gasteiger partial charge in [-0.1, -0.05) is 12.1 Å². The predicted molar refractivity (Wildman–Crippen MR) is 66.7 cm³/mol. The minimum atomic E-state index is -0.254. The minimum Gasteiger partial charge on any atom is -0.497 e. The van der Waals surface area contributed by atoms with Crippen molar-refractivity contribution in [1.82, 2.24) is 4.90 Å². The van der Waals surface area contributed by atoms with Crippen LogP contribution in [0.5, 0.6) is 5.75 Å². The molecule has 0 radical (unpaired) electrons. The smallest absolute Gasteiger partial charge is 0.293 e. The fraction of sp³-hybridized carbons (Fsp3) is 0.167. The standard InChI is InChI=1S/C12H11NO3S/c1-13-11(14)10(17-12(13)15)7-8-3-5-9(16-2)6-4-8/h3-7H,1-2H3/b10-7-. The Morgan fingerprint density at radius 2 is 1.88 bits per heavy atom. The maximum atomic E-state index is 11.6. The van der Waals surface area contributed by atoms with Gasteiger partial charge in [-0.15, -0.1) is 0 Å². The Balaban J connectivity index is 2.24. The van der Waals surface area contributed by atoms with E-state index in [1.165, 1.54) is 7.05 Å². The van der Waals surface area contributed by atoms with Crippen LogP contribution in [0.25, 0.3) is 6.08 Å². The highest BCUT2D eigenvalue weighted by molar-refractivity contribution is 8.18. The monoisotopic (exact) mass is 249 g/mol. The number of imide groups is 1. The summed E-state index contributed by atoms with van der Waals surface area (Å²) in [6, 6.07) is 7.29. The molecule has 0 atom stereocenters. The fourth-order valence-electron chi connectivity index (χ4n) is 1.40. The van der Waals surface area contributed by atoms with Gasteiger partial charge in [-0.25, -0.2) is 0 Å². The average Bonchev–Trinajstić information content (AvgIpc) is 2.58. The van der Waals surface area contributed by atoms with Gasteiger partial charge >= 0.3 is 0 Å². The third-order valence-corrected chi connectivity index (χ3v) is 3.36. The lowest BCUT2D eigenvalue weighted by atomic mass is 10.2. The molecule has 1 aromatic carbocycles. The number of benzene rings is 1. The minimum absolute atomic E-state index is 0.241. The van der Waals surface area contributed by atoms with Gasteiger partial charge in [-0.2, -0.15) is 0 Å². The number of carbonyl (C=O) groups is 2. The molecule has 88 valence electrons. The first-order valence-electron chi connectivity index (χ1n) is 4.97. The van der Waals surface area contributed by atoms with E-state index in [1.807, 2.05) is 24.3 Å². The molecular weight excluding hydrogens is 238 g/mol. The molecule has 1 saturated heterocycles. The van der Waals surface area contributed by atoms with E-state index < -0.39 is 0 Å².